The van der Waals surface area contributed by atoms with Crippen LogP contribution in [-0.2, 0) is 4.79 Å². The van der Waals surface area contributed by atoms with E-state index < -0.39 is 17.7 Å². The van der Waals surface area contributed by atoms with Crippen LogP contribution in [0.2, 0.25) is 0 Å². The first-order valence-corrected chi connectivity index (χ1v) is 5.31. The molecule has 1 aromatic heterocycles. The zero-order valence-electron chi connectivity index (χ0n) is 7.83. The quantitative estimate of drug-likeness (QED) is 0.557. The van der Waals surface area contributed by atoms with Crippen LogP contribution in [0.1, 0.15) is 29.4 Å². The molecule has 0 aliphatic rings. The van der Waals surface area contributed by atoms with Crippen molar-refractivity contribution in [3.05, 3.63) is 22.4 Å². The Hall–Kier alpha value is -1.03. The maximum Gasteiger partial charge on any atom is 0.241 e. The summed E-state index contributed by atoms with van der Waals surface area (Å²) in [7, 11) is 0. The predicted molar refractivity (Wildman–Crippen MR) is 53.5 cm³/mol. The summed E-state index contributed by atoms with van der Waals surface area (Å²) in [5.41, 5.74) is 0. The Labute approximate surface area is 85.7 Å². The zero-order valence-corrected chi connectivity index (χ0v) is 8.64. The SMILES string of the molecule is CCCC(F)C(=O)C(=O)c1cccs1. The molecule has 1 rings (SSSR count). The van der Waals surface area contributed by atoms with E-state index in [2.05, 4.69) is 0 Å². The number of hydrogen-bond acceptors (Lipinski definition) is 3. The lowest BCUT2D eigenvalue weighted by molar-refractivity contribution is -0.119. The molecule has 0 saturated carbocycles. The molecule has 0 aliphatic carbocycles. The van der Waals surface area contributed by atoms with Gasteiger partial charge in [0.05, 0.1) is 4.88 Å². The summed E-state index contributed by atoms with van der Waals surface area (Å²) < 4.78 is 13.1. The second-order valence-electron chi connectivity index (χ2n) is 2.93. The first-order chi connectivity index (χ1) is 6.66. The largest absolute Gasteiger partial charge is 0.287 e. The van der Waals surface area contributed by atoms with Gasteiger partial charge in [-0.3, -0.25) is 9.59 Å². The van der Waals surface area contributed by atoms with Gasteiger partial charge in [-0.1, -0.05) is 19.4 Å². The molecule has 0 spiro atoms. The number of rotatable bonds is 5. The fourth-order valence-electron chi connectivity index (χ4n) is 1.06. The molecule has 0 aliphatic heterocycles. The minimum Gasteiger partial charge on any atom is -0.287 e. The van der Waals surface area contributed by atoms with Gasteiger partial charge in [-0.05, 0) is 17.9 Å². The van der Waals surface area contributed by atoms with Crippen molar-refractivity contribution in [1.82, 2.24) is 0 Å². The topological polar surface area (TPSA) is 34.1 Å². The summed E-state index contributed by atoms with van der Waals surface area (Å²) in [5, 5.41) is 1.69. The third kappa shape index (κ3) is 2.48. The Morgan fingerprint density at radius 1 is 1.57 bits per heavy atom. The van der Waals surface area contributed by atoms with Crippen molar-refractivity contribution in [3.63, 3.8) is 0 Å². The van der Waals surface area contributed by atoms with Gasteiger partial charge in [0.15, 0.2) is 6.17 Å². The highest BCUT2D eigenvalue weighted by Gasteiger charge is 2.25. The fraction of sp³-hybridized carbons (Fsp3) is 0.400. The summed E-state index contributed by atoms with van der Waals surface area (Å²) in [6.45, 7) is 1.77. The molecule has 4 heteroatoms. The molecule has 1 atom stereocenters. The summed E-state index contributed by atoms with van der Waals surface area (Å²) >= 11 is 1.16. The van der Waals surface area contributed by atoms with E-state index in [-0.39, 0.29) is 6.42 Å². The van der Waals surface area contributed by atoms with Gasteiger partial charge in [0, 0.05) is 0 Å². The Kier molecular flexibility index (Phi) is 3.95. The van der Waals surface area contributed by atoms with E-state index in [4.69, 9.17) is 0 Å². The lowest BCUT2D eigenvalue weighted by Crippen LogP contribution is -2.24. The molecule has 0 N–H and O–H groups in total. The number of carbonyl (C=O) groups is 2. The van der Waals surface area contributed by atoms with Crippen LogP contribution in [0.15, 0.2) is 17.5 Å². The molecule has 2 nitrogen and oxygen atoms in total. The molecular weight excluding hydrogens is 203 g/mol. The normalized spacial score (nSPS) is 12.4. The highest BCUT2D eigenvalue weighted by Crippen LogP contribution is 2.13. The summed E-state index contributed by atoms with van der Waals surface area (Å²) in [4.78, 5) is 22.9. The standard InChI is InChI=1S/C10H11FO2S/c1-2-4-7(11)9(12)10(13)8-5-3-6-14-8/h3,5-7H,2,4H2,1H3. The highest BCUT2D eigenvalue weighted by molar-refractivity contribution is 7.13. The van der Waals surface area contributed by atoms with E-state index in [0.29, 0.717) is 11.3 Å². The molecular formula is C10H11FO2S. The zero-order chi connectivity index (χ0) is 10.6. The van der Waals surface area contributed by atoms with E-state index in [9.17, 15) is 14.0 Å². The second kappa shape index (κ2) is 5.00. The number of ketones is 2. The Morgan fingerprint density at radius 2 is 2.29 bits per heavy atom. The third-order valence-corrected chi connectivity index (χ3v) is 2.66. The number of alkyl halides is 1. The maximum atomic E-state index is 13.1. The molecule has 0 saturated heterocycles. The van der Waals surface area contributed by atoms with Crippen molar-refractivity contribution in [1.29, 1.82) is 0 Å². The molecule has 0 aromatic carbocycles. The van der Waals surface area contributed by atoms with Crippen LogP contribution in [-0.4, -0.2) is 17.7 Å². The van der Waals surface area contributed by atoms with Gasteiger partial charge in [-0.15, -0.1) is 11.3 Å². The fourth-order valence-corrected chi connectivity index (χ4v) is 1.72. The van der Waals surface area contributed by atoms with Crippen LogP contribution in [0.5, 0.6) is 0 Å². The summed E-state index contributed by atoms with van der Waals surface area (Å²) in [6, 6.07) is 3.20. The number of halogens is 1. The first kappa shape index (κ1) is 11.0. The third-order valence-electron chi connectivity index (χ3n) is 1.80. The predicted octanol–water partition coefficient (Wildman–Crippen LogP) is 2.64. The van der Waals surface area contributed by atoms with Crippen molar-refractivity contribution < 1.29 is 14.0 Å². The number of Topliss-reactive ketones (excluding diaryl/α,β-unsaturated/α-hetero) is 2. The molecule has 0 radical (unpaired) electrons. The van der Waals surface area contributed by atoms with E-state index in [1.54, 1.807) is 18.4 Å². The average molecular weight is 214 g/mol. The minimum atomic E-state index is -1.64. The number of thiophene rings is 1. The molecule has 14 heavy (non-hydrogen) atoms. The van der Waals surface area contributed by atoms with Crippen molar-refractivity contribution in [2.24, 2.45) is 0 Å². The Morgan fingerprint density at radius 3 is 2.79 bits per heavy atom. The number of hydrogen-bond donors (Lipinski definition) is 0. The lowest BCUT2D eigenvalue weighted by Gasteiger charge is -2.02. The van der Waals surface area contributed by atoms with Gasteiger partial charge in [-0.2, -0.15) is 0 Å². The van der Waals surface area contributed by atoms with Crippen LogP contribution in [0.3, 0.4) is 0 Å². The van der Waals surface area contributed by atoms with Crippen molar-refractivity contribution >= 4 is 22.9 Å². The maximum absolute atomic E-state index is 13.1. The van der Waals surface area contributed by atoms with Crippen LogP contribution >= 0.6 is 11.3 Å². The van der Waals surface area contributed by atoms with Crippen molar-refractivity contribution in [3.8, 4) is 0 Å². The van der Waals surface area contributed by atoms with E-state index in [0.717, 1.165) is 11.3 Å². The van der Waals surface area contributed by atoms with Crippen LogP contribution < -0.4 is 0 Å². The molecule has 0 amide bonds. The lowest BCUT2D eigenvalue weighted by atomic mass is 10.1. The second-order valence-corrected chi connectivity index (χ2v) is 3.87. The minimum absolute atomic E-state index is 0.121. The molecule has 1 unspecified atom stereocenters. The Balaban J connectivity index is 2.66. The van der Waals surface area contributed by atoms with Crippen LogP contribution in [0, 0.1) is 0 Å². The van der Waals surface area contributed by atoms with E-state index in [1.807, 2.05) is 0 Å². The monoisotopic (exact) mass is 214 g/mol. The van der Waals surface area contributed by atoms with Gasteiger partial charge in [-0.25, -0.2) is 4.39 Å². The van der Waals surface area contributed by atoms with Crippen molar-refractivity contribution in [2.75, 3.05) is 0 Å². The van der Waals surface area contributed by atoms with E-state index in [1.165, 1.54) is 6.07 Å². The van der Waals surface area contributed by atoms with Gasteiger partial charge in [0.2, 0.25) is 11.6 Å². The Bertz CT molecular complexity index is 319. The van der Waals surface area contributed by atoms with Gasteiger partial charge in [0.1, 0.15) is 0 Å². The van der Waals surface area contributed by atoms with Gasteiger partial charge in [0.25, 0.3) is 0 Å². The first-order valence-electron chi connectivity index (χ1n) is 4.43. The van der Waals surface area contributed by atoms with E-state index >= 15 is 0 Å². The van der Waals surface area contributed by atoms with Crippen LogP contribution in [0.4, 0.5) is 4.39 Å². The molecule has 0 fully saturated rings. The summed E-state index contributed by atoms with van der Waals surface area (Å²) in [5.74, 6) is -1.63. The van der Waals surface area contributed by atoms with Gasteiger partial charge >= 0.3 is 0 Å². The van der Waals surface area contributed by atoms with Gasteiger partial charge < -0.3 is 0 Å². The smallest absolute Gasteiger partial charge is 0.241 e. The average Bonchev–Trinajstić information content (AvgIpc) is 2.68. The number of carbonyl (C=O) groups excluding carboxylic acids is 2. The summed E-state index contributed by atoms with van der Waals surface area (Å²) in [6.07, 6.45) is -0.963. The highest BCUT2D eigenvalue weighted by atomic mass is 32.1. The van der Waals surface area contributed by atoms with Crippen LogP contribution in [0.25, 0.3) is 0 Å². The molecule has 1 heterocycles. The molecule has 0 bridgehead atoms. The van der Waals surface area contributed by atoms with Crippen molar-refractivity contribution in [2.45, 2.75) is 25.9 Å². The molecule has 76 valence electrons. The molecule has 1 aromatic rings.